The van der Waals surface area contributed by atoms with Crippen molar-refractivity contribution in [1.29, 1.82) is 5.26 Å². The Balaban J connectivity index is 1.98. The molecule has 1 aromatic rings. The molecule has 1 saturated heterocycles. The molecule has 1 unspecified atom stereocenters. The molecule has 0 aromatic heterocycles. The first kappa shape index (κ1) is 13.1. The molecule has 5 nitrogen and oxygen atoms in total. The fraction of sp³-hybridized carbons (Fsp3) is 0.357. The van der Waals surface area contributed by atoms with Crippen molar-refractivity contribution >= 4 is 11.8 Å². The molecule has 0 bridgehead atoms. The van der Waals surface area contributed by atoms with Crippen molar-refractivity contribution in [3.63, 3.8) is 0 Å². The molecule has 5 heteroatoms. The molecular formula is C14H15N3O2. The molecule has 1 atom stereocenters. The van der Waals surface area contributed by atoms with Gasteiger partial charge in [-0.25, -0.2) is 0 Å². The lowest BCUT2D eigenvalue weighted by atomic mass is 10.1. The average Bonchev–Trinajstić information content (AvgIpc) is 2.87. The number of nitrogens with zero attached hydrogens (tertiary/aromatic N) is 2. The summed E-state index contributed by atoms with van der Waals surface area (Å²) in [6, 6.07) is 8.57. The van der Waals surface area contributed by atoms with Crippen LogP contribution in [0.5, 0.6) is 0 Å². The van der Waals surface area contributed by atoms with E-state index in [9.17, 15) is 9.59 Å². The van der Waals surface area contributed by atoms with Crippen LogP contribution in [0.15, 0.2) is 24.3 Å². The first-order valence-electron chi connectivity index (χ1n) is 6.16. The molecule has 0 aliphatic carbocycles. The first-order chi connectivity index (χ1) is 9.10. The van der Waals surface area contributed by atoms with Gasteiger partial charge in [-0.05, 0) is 24.6 Å². The number of benzene rings is 1. The van der Waals surface area contributed by atoms with Gasteiger partial charge in [0.1, 0.15) is 0 Å². The third kappa shape index (κ3) is 3.10. The smallest absolute Gasteiger partial charge is 0.251 e. The van der Waals surface area contributed by atoms with Crippen LogP contribution in [-0.4, -0.2) is 35.8 Å². The third-order valence-electron chi connectivity index (χ3n) is 3.22. The number of carbonyl (C=O) groups is 2. The molecule has 2 rings (SSSR count). The van der Waals surface area contributed by atoms with E-state index < -0.39 is 0 Å². The largest absolute Gasteiger partial charge is 0.347 e. The van der Waals surface area contributed by atoms with Crippen molar-refractivity contribution in [2.24, 2.45) is 0 Å². The van der Waals surface area contributed by atoms with Gasteiger partial charge < -0.3 is 10.2 Å². The maximum Gasteiger partial charge on any atom is 0.251 e. The number of likely N-dealkylation sites (tertiary alicyclic amines) is 1. The number of rotatable bonds is 2. The van der Waals surface area contributed by atoms with Crippen molar-refractivity contribution < 1.29 is 9.59 Å². The zero-order chi connectivity index (χ0) is 13.8. The van der Waals surface area contributed by atoms with E-state index in [0.717, 1.165) is 6.42 Å². The van der Waals surface area contributed by atoms with E-state index in [1.54, 1.807) is 29.2 Å². The molecule has 0 radical (unpaired) electrons. The summed E-state index contributed by atoms with van der Waals surface area (Å²) in [4.78, 5) is 24.9. The lowest BCUT2D eigenvalue weighted by Gasteiger charge is -2.15. The summed E-state index contributed by atoms with van der Waals surface area (Å²) >= 11 is 0. The van der Waals surface area contributed by atoms with Crippen molar-refractivity contribution in [3.05, 3.63) is 35.4 Å². The molecule has 0 saturated carbocycles. The number of nitriles is 1. The Morgan fingerprint density at radius 1 is 1.47 bits per heavy atom. The minimum Gasteiger partial charge on any atom is -0.347 e. The second kappa shape index (κ2) is 5.53. The highest BCUT2D eigenvalue weighted by Gasteiger charge is 2.25. The van der Waals surface area contributed by atoms with Crippen LogP contribution in [0, 0.1) is 11.3 Å². The molecule has 0 spiro atoms. The normalized spacial score (nSPS) is 17.9. The second-order valence-electron chi connectivity index (χ2n) is 4.62. The van der Waals surface area contributed by atoms with Gasteiger partial charge >= 0.3 is 0 Å². The van der Waals surface area contributed by atoms with Crippen LogP contribution in [0.25, 0.3) is 0 Å². The van der Waals surface area contributed by atoms with Gasteiger partial charge in [-0.15, -0.1) is 0 Å². The van der Waals surface area contributed by atoms with Gasteiger partial charge in [-0.3, -0.25) is 9.59 Å². The fourth-order valence-electron chi connectivity index (χ4n) is 2.16. The molecule has 1 heterocycles. The highest BCUT2D eigenvalue weighted by molar-refractivity contribution is 5.94. The van der Waals surface area contributed by atoms with Crippen molar-refractivity contribution in [2.75, 3.05) is 13.1 Å². The van der Waals surface area contributed by atoms with Crippen molar-refractivity contribution in [1.82, 2.24) is 10.2 Å². The van der Waals surface area contributed by atoms with E-state index in [4.69, 9.17) is 5.26 Å². The number of hydrogen-bond donors (Lipinski definition) is 1. The quantitative estimate of drug-likeness (QED) is 0.855. The average molecular weight is 257 g/mol. The Bertz CT molecular complexity index is 548. The highest BCUT2D eigenvalue weighted by atomic mass is 16.2. The monoisotopic (exact) mass is 257 g/mol. The molecule has 1 aliphatic heterocycles. The lowest BCUT2D eigenvalue weighted by Crippen LogP contribution is -2.38. The Labute approximate surface area is 111 Å². The molecule has 2 amide bonds. The zero-order valence-corrected chi connectivity index (χ0v) is 10.7. The number of hydrogen-bond acceptors (Lipinski definition) is 3. The third-order valence-corrected chi connectivity index (χ3v) is 3.22. The van der Waals surface area contributed by atoms with Gasteiger partial charge in [0.25, 0.3) is 5.91 Å². The Hall–Kier alpha value is -2.35. The van der Waals surface area contributed by atoms with E-state index in [1.165, 1.54) is 6.92 Å². The number of carbonyl (C=O) groups excluding carboxylic acids is 2. The topological polar surface area (TPSA) is 73.2 Å². The molecule has 1 aromatic carbocycles. The molecule has 1 fully saturated rings. The maximum absolute atomic E-state index is 12.0. The van der Waals surface area contributed by atoms with Crippen LogP contribution >= 0.6 is 0 Å². The number of amides is 2. The lowest BCUT2D eigenvalue weighted by molar-refractivity contribution is -0.127. The summed E-state index contributed by atoms with van der Waals surface area (Å²) in [5.41, 5.74) is 0.935. The Morgan fingerprint density at radius 2 is 2.26 bits per heavy atom. The molecule has 98 valence electrons. The summed E-state index contributed by atoms with van der Waals surface area (Å²) < 4.78 is 0. The first-order valence-corrected chi connectivity index (χ1v) is 6.16. The van der Waals surface area contributed by atoms with E-state index in [1.807, 2.05) is 6.07 Å². The van der Waals surface area contributed by atoms with Crippen LogP contribution in [-0.2, 0) is 4.79 Å². The zero-order valence-electron chi connectivity index (χ0n) is 10.7. The minimum atomic E-state index is -0.201. The SMILES string of the molecule is CC(=O)N1CCC(NC(=O)c2cccc(C#N)c2)C1. The Kier molecular flexibility index (Phi) is 3.81. The fourth-order valence-corrected chi connectivity index (χ4v) is 2.16. The van der Waals surface area contributed by atoms with E-state index in [0.29, 0.717) is 24.2 Å². The van der Waals surface area contributed by atoms with Crippen LogP contribution in [0.3, 0.4) is 0 Å². The van der Waals surface area contributed by atoms with E-state index >= 15 is 0 Å². The van der Waals surface area contributed by atoms with E-state index in [2.05, 4.69) is 5.32 Å². The molecule has 1 N–H and O–H groups in total. The summed E-state index contributed by atoms with van der Waals surface area (Å²) in [6.07, 6.45) is 0.767. The van der Waals surface area contributed by atoms with Crippen LogP contribution < -0.4 is 5.32 Å². The second-order valence-corrected chi connectivity index (χ2v) is 4.62. The summed E-state index contributed by atoms with van der Waals surface area (Å²) in [5, 5.41) is 11.7. The minimum absolute atomic E-state index is 0.0119. The predicted molar refractivity (Wildman–Crippen MR) is 69.3 cm³/mol. The van der Waals surface area contributed by atoms with Crippen LogP contribution in [0.1, 0.15) is 29.3 Å². The standard InChI is InChI=1S/C14H15N3O2/c1-10(18)17-6-5-13(9-17)16-14(19)12-4-2-3-11(7-12)8-15/h2-4,7,13H,5-6,9H2,1H3,(H,16,19). The van der Waals surface area contributed by atoms with Gasteiger partial charge in [0.15, 0.2) is 0 Å². The van der Waals surface area contributed by atoms with E-state index in [-0.39, 0.29) is 17.9 Å². The molecular weight excluding hydrogens is 242 g/mol. The predicted octanol–water partition coefficient (Wildman–Crippen LogP) is 0.909. The van der Waals surface area contributed by atoms with Crippen LogP contribution in [0.4, 0.5) is 0 Å². The van der Waals surface area contributed by atoms with Crippen LogP contribution in [0.2, 0.25) is 0 Å². The summed E-state index contributed by atoms with van der Waals surface area (Å²) in [7, 11) is 0. The molecule has 1 aliphatic rings. The summed E-state index contributed by atoms with van der Waals surface area (Å²) in [6.45, 7) is 2.76. The van der Waals surface area contributed by atoms with Gasteiger partial charge in [-0.1, -0.05) is 6.07 Å². The van der Waals surface area contributed by atoms with Gasteiger partial charge in [0, 0.05) is 31.6 Å². The summed E-state index contributed by atoms with van der Waals surface area (Å²) in [5.74, 6) is -0.171. The van der Waals surface area contributed by atoms with Crippen molar-refractivity contribution in [2.45, 2.75) is 19.4 Å². The number of nitrogens with one attached hydrogen (secondary N) is 1. The van der Waals surface area contributed by atoms with Gasteiger partial charge in [-0.2, -0.15) is 5.26 Å². The highest BCUT2D eigenvalue weighted by Crippen LogP contribution is 2.11. The Morgan fingerprint density at radius 3 is 2.89 bits per heavy atom. The maximum atomic E-state index is 12.0. The van der Waals surface area contributed by atoms with Gasteiger partial charge in [0.05, 0.1) is 11.6 Å². The van der Waals surface area contributed by atoms with Crippen molar-refractivity contribution in [3.8, 4) is 6.07 Å². The van der Waals surface area contributed by atoms with Gasteiger partial charge in [0.2, 0.25) is 5.91 Å². The molecule has 19 heavy (non-hydrogen) atoms.